The van der Waals surface area contributed by atoms with Gasteiger partial charge in [0.2, 0.25) is 0 Å². The molecular formula is C20H19ClN3O2+. The summed E-state index contributed by atoms with van der Waals surface area (Å²) in [6.07, 6.45) is 5.24. The van der Waals surface area contributed by atoms with Crippen molar-refractivity contribution in [3.05, 3.63) is 95.8 Å². The van der Waals surface area contributed by atoms with Gasteiger partial charge in [-0.2, -0.15) is 9.67 Å². The first-order valence-electron chi connectivity index (χ1n) is 7.86. The van der Waals surface area contributed by atoms with E-state index < -0.39 is 0 Å². The Kier molecular flexibility index (Phi) is 6.88. The van der Waals surface area contributed by atoms with Crippen LogP contribution in [0.15, 0.2) is 84.2 Å². The molecule has 2 aromatic carbocycles. The number of rotatable bonds is 5. The fraction of sp³-hybridized carbons (Fsp3) is 0.0500. The van der Waals surface area contributed by atoms with E-state index in [1.807, 2.05) is 47.2 Å². The summed E-state index contributed by atoms with van der Waals surface area (Å²) in [5.41, 5.74) is 4.98. The van der Waals surface area contributed by atoms with E-state index in [1.54, 1.807) is 36.5 Å². The first kappa shape index (κ1) is 19.1. The Morgan fingerprint density at radius 2 is 1.77 bits per heavy atom. The summed E-state index contributed by atoms with van der Waals surface area (Å²) in [6, 6.07) is 20.2. The Balaban J connectivity index is 0.00000243. The van der Waals surface area contributed by atoms with Gasteiger partial charge in [0.25, 0.3) is 5.91 Å². The van der Waals surface area contributed by atoms with Crippen molar-refractivity contribution in [3.8, 4) is 5.75 Å². The van der Waals surface area contributed by atoms with Gasteiger partial charge in [0.15, 0.2) is 18.9 Å². The molecule has 0 unspecified atom stereocenters. The largest absolute Gasteiger partial charge is 0.508 e. The van der Waals surface area contributed by atoms with Gasteiger partial charge in [-0.05, 0) is 35.9 Å². The van der Waals surface area contributed by atoms with Crippen LogP contribution in [0.4, 0.5) is 0 Å². The van der Waals surface area contributed by atoms with Gasteiger partial charge in [-0.25, -0.2) is 5.43 Å². The summed E-state index contributed by atoms with van der Waals surface area (Å²) < 4.78 is 1.95. The maximum absolute atomic E-state index is 12.2. The molecular weight excluding hydrogens is 350 g/mol. The molecule has 3 aromatic rings. The number of pyridine rings is 1. The van der Waals surface area contributed by atoms with E-state index in [9.17, 15) is 9.90 Å². The quantitative estimate of drug-likeness (QED) is 0.413. The number of aromatic nitrogens is 1. The number of aromatic hydroxyl groups is 1. The third-order valence-electron chi connectivity index (χ3n) is 3.60. The van der Waals surface area contributed by atoms with E-state index in [0.717, 1.165) is 11.1 Å². The number of phenolic OH excluding ortho intramolecular Hbond substituents is 1. The zero-order valence-corrected chi connectivity index (χ0v) is 14.8. The van der Waals surface area contributed by atoms with Crippen molar-refractivity contribution in [1.29, 1.82) is 0 Å². The second-order valence-corrected chi connectivity index (χ2v) is 5.54. The van der Waals surface area contributed by atoms with E-state index in [4.69, 9.17) is 0 Å². The number of nitrogens with zero attached hydrogens (tertiary/aromatic N) is 2. The van der Waals surface area contributed by atoms with E-state index in [2.05, 4.69) is 10.5 Å². The van der Waals surface area contributed by atoms with Crippen molar-refractivity contribution in [1.82, 2.24) is 5.43 Å². The molecule has 0 radical (unpaired) electrons. The molecule has 26 heavy (non-hydrogen) atoms. The van der Waals surface area contributed by atoms with Crippen LogP contribution in [0.2, 0.25) is 0 Å². The van der Waals surface area contributed by atoms with Crippen LogP contribution in [0.3, 0.4) is 0 Å². The van der Waals surface area contributed by atoms with Crippen LogP contribution >= 0.6 is 12.4 Å². The predicted molar refractivity (Wildman–Crippen MR) is 103 cm³/mol. The lowest BCUT2D eigenvalue weighted by atomic mass is 10.2. The zero-order chi connectivity index (χ0) is 17.5. The molecule has 0 spiro atoms. The molecule has 0 bridgehead atoms. The highest BCUT2D eigenvalue weighted by Crippen LogP contribution is 2.07. The SMILES string of the molecule is Cl.O=C(N/N=C/c1ccc(O)cc1)c1ccc[n+](Cc2ccccc2)c1. The van der Waals surface area contributed by atoms with Gasteiger partial charge in [0, 0.05) is 11.6 Å². The summed E-state index contributed by atoms with van der Waals surface area (Å²) >= 11 is 0. The lowest BCUT2D eigenvalue weighted by Crippen LogP contribution is -2.35. The smallest absolute Gasteiger partial charge is 0.277 e. The number of hydrogen-bond acceptors (Lipinski definition) is 3. The molecule has 0 saturated heterocycles. The summed E-state index contributed by atoms with van der Waals surface area (Å²) in [6.45, 7) is 0.693. The summed E-state index contributed by atoms with van der Waals surface area (Å²) in [7, 11) is 0. The predicted octanol–water partition coefficient (Wildman–Crippen LogP) is 2.91. The Labute approximate surface area is 158 Å². The van der Waals surface area contributed by atoms with Crippen LogP contribution in [0.25, 0.3) is 0 Å². The highest BCUT2D eigenvalue weighted by atomic mass is 35.5. The van der Waals surface area contributed by atoms with E-state index >= 15 is 0 Å². The molecule has 132 valence electrons. The topological polar surface area (TPSA) is 65.6 Å². The standard InChI is InChI=1S/C20H17N3O2.ClH/c24-19-10-8-16(9-11-19)13-21-22-20(25)18-7-4-12-23(15-18)14-17-5-2-1-3-6-17;/h1-13,15H,14H2,(H-,21,22,24,25);1H/p+1. The number of carbonyl (C=O) groups excluding carboxylic acids is 1. The third kappa shape index (κ3) is 5.43. The molecule has 0 aliphatic carbocycles. The summed E-state index contributed by atoms with van der Waals surface area (Å²) in [5, 5.41) is 13.2. The van der Waals surface area contributed by atoms with E-state index in [-0.39, 0.29) is 24.1 Å². The molecule has 6 heteroatoms. The second-order valence-electron chi connectivity index (χ2n) is 5.54. The number of phenols is 1. The minimum Gasteiger partial charge on any atom is -0.508 e. The van der Waals surface area contributed by atoms with Crippen molar-refractivity contribution in [3.63, 3.8) is 0 Å². The van der Waals surface area contributed by atoms with E-state index in [1.165, 1.54) is 6.21 Å². The van der Waals surface area contributed by atoms with Crippen LogP contribution in [-0.4, -0.2) is 17.2 Å². The van der Waals surface area contributed by atoms with Crippen LogP contribution in [0.5, 0.6) is 5.75 Å². The number of halogens is 1. The normalized spacial score (nSPS) is 10.3. The van der Waals surface area contributed by atoms with E-state index in [0.29, 0.717) is 12.1 Å². The number of benzene rings is 2. The number of nitrogens with one attached hydrogen (secondary N) is 1. The van der Waals surface area contributed by atoms with Crippen molar-refractivity contribution >= 4 is 24.5 Å². The molecule has 0 saturated carbocycles. The number of hydrogen-bond donors (Lipinski definition) is 2. The van der Waals surface area contributed by atoms with Gasteiger partial charge in [-0.1, -0.05) is 30.3 Å². The number of amides is 1. The zero-order valence-electron chi connectivity index (χ0n) is 13.9. The first-order chi connectivity index (χ1) is 12.2. The average molecular weight is 369 g/mol. The number of carbonyl (C=O) groups is 1. The van der Waals surface area contributed by atoms with Gasteiger partial charge < -0.3 is 5.11 Å². The minimum absolute atomic E-state index is 0. The maximum Gasteiger partial charge on any atom is 0.277 e. The molecule has 1 aromatic heterocycles. The Morgan fingerprint density at radius 3 is 2.50 bits per heavy atom. The van der Waals surface area contributed by atoms with Crippen molar-refractivity contribution in [2.75, 3.05) is 0 Å². The Morgan fingerprint density at radius 1 is 1.04 bits per heavy atom. The van der Waals surface area contributed by atoms with Gasteiger partial charge in [-0.15, -0.1) is 12.4 Å². The molecule has 2 N–H and O–H groups in total. The molecule has 0 atom stereocenters. The lowest BCUT2D eigenvalue weighted by Gasteiger charge is -2.01. The van der Waals surface area contributed by atoms with Crippen molar-refractivity contribution in [2.24, 2.45) is 5.10 Å². The van der Waals surface area contributed by atoms with Crippen molar-refractivity contribution < 1.29 is 14.5 Å². The third-order valence-corrected chi connectivity index (χ3v) is 3.60. The molecule has 1 amide bonds. The summed E-state index contributed by atoms with van der Waals surface area (Å²) in [5.74, 6) is -0.0918. The lowest BCUT2D eigenvalue weighted by molar-refractivity contribution is -0.688. The fourth-order valence-corrected chi connectivity index (χ4v) is 2.34. The number of hydrazone groups is 1. The molecule has 0 fully saturated rings. The average Bonchev–Trinajstić information content (AvgIpc) is 2.64. The monoisotopic (exact) mass is 368 g/mol. The van der Waals surface area contributed by atoms with Crippen LogP contribution in [-0.2, 0) is 6.54 Å². The molecule has 0 aliphatic rings. The Hall–Kier alpha value is -3.18. The Bertz CT molecular complexity index is 881. The van der Waals surface area contributed by atoms with Crippen LogP contribution < -0.4 is 9.99 Å². The maximum atomic E-state index is 12.2. The fourth-order valence-electron chi connectivity index (χ4n) is 2.34. The molecule has 0 aliphatic heterocycles. The second kappa shape index (κ2) is 9.34. The first-order valence-corrected chi connectivity index (χ1v) is 7.86. The summed E-state index contributed by atoms with van der Waals surface area (Å²) in [4.78, 5) is 12.2. The van der Waals surface area contributed by atoms with Crippen LogP contribution in [0, 0.1) is 0 Å². The van der Waals surface area contributed by atoms with Crippen LogP contribution in [0.1, 0.15) is 21.5 Å². The van der Waals surface area contributed by atoms with Gasteiger partial charge >= 0.3 is 0 Å². The van der Waals surface area contributed by atoms with Gasteiger partial charge in [-0.3, -0.25) is 4.79 Å². The minimum atomic E-state index is -0.280. The molecule has 5 nitrogen and oxygen atoms in total. The highest BCUT2D eigenvalue weighted by molar-refractivity contribution is 5.94. The van der Waals surface area contributed by atoms with Gasteiger partial charge in [0.1, 0.15) is 11.3 Å². The van der Waals surface area contributed by atoms with Crippen molar-refractivity contribution in [2.45, 2.75) is 6.54 Å². The molecule has 3 rings (SSSR count). The van der Waals surface area contributed by atoms with Gasteiger partial charge in [0.05, 0.1) is 6.21 Å². The molecule has 1 heterocycles. The highest BCUT2D eigenvalue weighted by Gasteiger charge is 2.10.